The van der Waals surface area contributed by atoms with Gasteiger partial charge in [-0.15, -0.1) is 0 Å². The second kappa shape index (κ2) is 8.08. The predicted molar refractivity (Wildman–Crippen MR) is 85.1 cm³/mol. The van der Waals surface area contributed by atoms with E-state index in [1.807, 2.05) is 6.07 Å². The number of unbranched alkanes of at least 4 members (excludes halogenated alkanes) is 1. The van der Waals surface area contributed by atoms with Gasteiger partial charge in [-0.25, -0.2) is 0 Å². The minimum Gasteiger partial charge on any atom is -0.494 e. The molecule has 1 aliphatic heterocycles. The number of benzene rings is 1. The zero-order chi connectivity index (χ0) is 14.4. The lowest BCUT2D eigenvalue weighted by molar-refractivity contribution is 0.150. The minimum atomic E-state index is 0.543. The van der Waals surface area contributed by atoms with Crippen molar-refractivity contribution in [1.29, 1.82) is 0 Å². The summed E-state index contributed by atoms with van der Waals surface area (Å²) in [6.07, 6.45) is 2.23. The highest BCUT2D eigenvalue weighted by molar-refractivity contribution is 6.42. The summed E-state index contributed by atoms with van der Waals surface area (Å²) in [7, 11) is 2.18. The molecule has 0 aromatic heterocycles. The number of nitrogens with zero attached hydrogens (tertiary/aromatic N) is 2. The zero-order valence-electron chi connectivity index (χ0n) is 11.9. The van der Waals surface area contributed by atoms with Gasteiger partial charge in [0.2, 0.25) is 0 Å². The van der Waals surface area contributed by atoms with Crippen LogP contribution in [0.25, 0.3) is 0 Å². The van der Waals surface area contributed by atoms with Crippen molar-refractivity contribution in [3.63, 3.8) is 0 Å². The topological polar surface area (TPSA) is 15.7 Å². The summed E-state index contributed by atoms with van der Waals surface area (Å²) in [4.78, 5) is 4.91. The molecule has 20 heavy (non-hydrogen) atoms. The summed E-state index contributed by atoms with van der Waals surface area (Å²) in [5, 5.41) is 1.11. The second-order valence-corrected chi connectivity index (χ2v) is 6.09. The van der Waals surface area contributed by atoms with Gasteiger partial charge >= 0.3 is 0 Å². The van der Waals surface area contributed by atoms with Crippen LogP contribution < -0.4 is 4.74 Å². The lowest BCUT2D eigenvalue weighted by Gasteiger charge is -2.32. The maximum atomic E-state index is 5.94. The van der Waals surface area contributed by atoms with E-state index < -0.39 is 0 Å². The summed E-state index contributed by atoms with van der Waals surface area (Å²) >= 11 is 11.8. The molecule has 0 radical (unpaired) electrons. The lowest BCUT2D eigenvalue weighted by Crippen LogP contribution is -2.44. The minimum absolute atomic E-state index is 0.543. The van der Waals surface area contributed by atoms with Crippen LogP contribution in [0.15, 0.2) is 18.2 Å². The van der Waals surface area contributed by atoms with Gasteiger partial charge in [-0.05, 0) is 38.6 Å². The number of hydrogen-bond donors (Lipinski definition) is 0. The van der Waals surface area contributed by atoms with Gasteiger partial charge in [0.15, 0.2) is 0 Å². The van der Waals surface area contributed by atoms with Crippen LogP contribution in [0.4, 0.5) is 0 Å². The Balaban J connectivity index is 1.58. The highest BCUT2D eigenvalue weighted by atomic mass is 35.5. The maximum absolute atomic E-state index is 5.94. The van der Waals surface area contributed by atoms with Gasteiger partial charge in [0.1, 0.15) is 5.75 Å². The predicted octanol–water partition coefficient (Wildman–Crippen LogP) is 3.40. The van der Waals surface area contributed by atoms with Gasteiger partial charge in [0.25, 0.3) is 0 Å². The summed E-state index contributed by atoms with van der Waals surface area (Å²) < 4.78 is 5.68. The van der Waals surface area contributed by atoms with Crippen molar-refractivity contribution in [3.8, 4) is 5.75 Å². The maximum Gasteiger partial charge on any atom is 0.120 e. The Morgan fingerprint density at radius 1 is 1.05 bits per heavy atom. The van der Waals surface area contributed by atoms with E-state index in [-0.39, 0.29) is 0 Å². The van der Waals surface area contributed by atoms with E-state index in [9.17, 15) is 0 Å². The van der Waals surface area contributed by atoms with Crippen molar-refractivity contribution < 1.29 is 4.74 Å². The van der Waals surface area contributed by atoms with E-state index in [2.05, 4.69) is 16.8 Å². The molecule has 0 N–H and O–H groups in total. The fourth-order valence-corrected chi connectivity index (χ4v) is 2.55. The first-order chi connectivity index (χ1) is 9.65. The van der Waals surface area contributed by atoms with Gasteiger partial charge in [-0.2, -0.15) is 0 Å². The van der Waals surface area contributed by atoms with Crippen LogP contribution in [0.1, 0.15) is 12.8 Å². The van der Waals surface area contributed by atoms with Crippen molar-refractivity contribution >= 4 is 23.2 Å². The molecule has 0 aliphatic carbocycles. The molecule has 1 aliphatic rings. The van der Waals surface area contributed by atoms with E-state index in [1.165, 1.54) is 39.1 Å². The van der Waals surface area contributed by atoms with Crippen LogP contribution >= 0.6 is 23.2 Å². The Bertz CT molecular complexity index is 420. The molecule has 1 fully saturated rings. The summed E-state index contributed by atoms with van der Waals surface area (Å²) in [6, 6.07) is 5.39. The SMILES string of the molecule is CN1CCN(CCCCOc2ccc(Cl)c(Cl)c2)CC1. The third-order valence-corrected chi connectivity index (χ3v) is 4.36. The monoisotopic (exact) mass is 316 g/mol. The van der Waals surface area contributed by atoms with E-state index in [1.54, 1.807) is 12.1 Å². The van der Waals surface area contributed by atoms with E-state index >= 15 is 0 Å². The standard InChI is InChI=1S/C15H22Cl2N2O/c1-18-7-9-19(10-8-18)6-2-3-11-20-13-4-5-14(16)15(17)12-13/h4-5,12H,2-3,6-11H2,1H3. The molecular formula is C15H22Cl2N2O. The van der Waals surface area contributed by atoms with Crippen LogP contribution in [0.5, 0.6) is 5.75 Å². The molecule has 3 nitrogen and oxygen atoms in total. The van der Waals surface area contributed by atoms with Crippen molar-refractivity contribution in [2.45, 2.75) is 12.8 Å². The number of rotatable bonds is 6. The molecule has 2 rings (SSSR count). The first kappa shape index (κ1) is 15.9. The Hall–Kier alpha value is -0.480. The van der Waals surface area contributed by atoms with Gasteiger partial charge in [-0.3, -0.25) is 0 Å². The number of piperazine rings is 1. The van der Waals surface area contributed by atoms with E-state index in [0.717, 1.165) is 18.8 Å². The molecule has 0 amide bonds. The Kier molecular flexibility index (Phi) is 6.43. The third kappa shape index (κ3) is 5.13. The Labute approximate surface area is 131 Å². The molecule has 1 heterocycles. The smallest absolute Gasteiger partial charge is 0.120 e. The molecule has 112 valence electrons. The Morgan fingerprint density at radius 3 is 2.50 bits per heavy atom. The molecule has 0 bridgehead atoms. The fraction of sp³-hybridized carbons (Fsp3) is 0.600. The summed E-state index contributed by atoms with van der Waals surface area (Å²) in [5.41, 5.74) is 0. The van der Waals surface area contributed by atoms with Crippen molar-refractivity contribution in [2.75, 3.05) is 46.4 Å². The normalized spacial score (nSPS) is 17.4. The van der Waals surface area contributed by atoms with Crippen LogP contribution in [0.2, 0.25) is 10.0 Å². The van der Waals surface area contributed by atoms with Gasteiger partial charge in [0.05, 0.1) is 16.7 Å². The number of ether oxygens (including phenoxy) is 1. The van der Waals surface area contributed by atoms with Crippen LogP contribution in [0, 0.1) is 0 Å². The zero-order valence-corrected chi connectivity index (χ0v) is 13.5. The summed E-state index contributed by atoms with van der Waals surface area (Å²) in [5.74, 6) is 0.791. The van der Waals surface area contributed by atoms with Crippen LogP contribution in [-0.2, 0) is 0 Å². The van der Waals surface area contributed by atoms with Crippen LogP contribution in [0.3, 0.4) is 0 Å². The van der Waals surface area contributed by atoms with E-state index in [0.29, 0.717) is 10.0 Å². The number of likely N-dealkylation sites (N-methyl/N-ethyl adjacent to an activating group) is 1. The summed E-state index contributed by atoms with van der Waals surface area (Å²) in [6.45, 7) is 6.62. The molecule has 1 saturated heterocycles. The first-order valence-corrected chi connectivity index (χ1v) is 7.89. The second-order valence-electron chi connectivity index (χ2n) is 5.28. The lowest BCUT2D eigenvalue weighted by atomic mass is 10.2. The average Bonchev–Trinajstić information content (AvgIpc) is 2.44. The Morgan fingerprint density at radius 2 is 1.80 bits per heavy atom. The quantitative estimate of drug-likeness (QED) is 0.748. The molecule has 0 spiro atoms. The first-order valence-electron chi connectivity index (χ1n) is 7.14. The molecule has 1 aromatic carbocycles. The third-order valence-electron chi connectivity index (χ3n) is 3.62. The number of hydrogen-bond acceptors (Lipinski definition) is 3. The molecule has 0 atom stereocenters. The van der Waals surface area contributed by atoms with Gasteiger partial charge in [-0.1, -0.05) is 23.2 Å². The van der Waals surface area contributed by atoms with Gasteiger partial charge < -0.3 is 14.5 Å². The highest BCUT2D eigenvalue weighted by Crippen LogP contribution is 2.26. The molecule has 0 unspecified atom stereocenters. The molecule has 5 heteroatoms. The number of halogens is 2. The molecular weight excluding hydrogens is 295 g/mol. The fourth-order valence-electron chi connectivity index (χ4n) is 2.27. The van der Waals surface area contributed by atoms with Crippen LogP contribution in [-0.4, -0.2) is 56.2 Å². The average molecular weight is 317 g/mol. The van der Waals surface area contributed by atoms with Crippen molar-refractivity contribution in [3.05, 3.63) is 28.2 Å². The molecule has 0 saturated carbocycles. The highest BCUT2D eigenvalue weighted by Gasteiger charge is 2.12. The largest absolute Gasteiger partial charge is 0.494 e. The van der Waals surface area contributed by atoms with Crippen molar-refractivity contribution in [2.24, 2.45) is 0 Å². The van der Waals surface area contributed by atoms with Crippen molar-refractivity contribution in [1.82, 2.24) is 9.80 Å². The van der Waals surface area contributed by atoms with Gasteiger partial charge in [0, 0.05) is 32.2 Å². The van der Waals surface area contributed by atoms with E-state index in [4.69, 9.17) is 27.9 Å². The molecule has 1 aromatic rings.